The normalized spacial score (nSPS) is 11.4. The van der Waals surface area contributed by atoms with Crippen LogP contribution in [0.2, 0.25) is 0 Å². The van der Waals surface area contributed by atoms with Gasteiger partial charge in [0.2, 0.25) is 5.91 Å². The Balaban J connectivity index is 1.93. The van der Waals surface area contributed by atoms with Crippen molar-refractivity contribution in [2.24, 2.45) is 0 Å². The van der Waals surface area contributed by atoms with Crippen LogP contribution in [-0.2, 0) is 4.79 Å². The van der Waals surface area contributed by atoms with Gasteiger partial charge in [-0.25, -0.2) is 0 Å². The molecule has 1 aromatic carbocycles. The lowest BCUT2D eigenvalue weighted by Gasteiger charge is -2.13. The molecule has 23 heavy (non-hydrogen) atoms. The lowest BCUT2D eigenvalue weighted by atomic mass is 10.2. The first kappa shape index (κ1) is 16.3. The molecule has 0 saturated heterocycles. The average molecular weight is 315 g/mol. The monoisotopic (exact) mass is 315 g/mol. The van der Waals surface area contributed by atoms with Crippen molar-refractivity contribution in [2.75, 3.05) is 12.4 Å². The molecule has 0 aliphatic rings. The highest BCUT2D eigenvalue weighted by Gasteiger charge is 2.18. The molecule has 3 N–H and O–H groups in total. The average Bonchev–Trinajstić information content (AvgIpc) is 3.09. The Morgan fingerprint density at radius 1 is 1.04 bits per heavy atom. The van der Waals surface area contributed by atoms with Crippen LogP contribution < -0.4 is 16.0 Å². The molecule has 1 unspecified atom stereocenters. The molecular formula is C16H17N3O4. The maximum Gasteiger partial charge on any atom is 0.287 e. The maximum atomic E-state index is 12.1. The number of hydrogen-bond acceptors (Lipinski definition) is 4. The maximum absolute atomic E-state index is 12.1. The number of carbonyl (C=O) groups is 3. The molecule has 0 aliphatic heterocycles. The number of rotatable bonds is 5. The summed E-state index contributed by atoms with van der Waals surface area (Å²) in [6.45, 7) is 1.56. The van der Waals surface area contributed by atoms with E-state index in [1.54, 1.807) is 44.3 Å². The number of furan rings is 1. The quantitative estimate of drug-likeness (QED) is 0.776. The minimum atomic E-state index is -0.744. The largest absolute Gasteiger partial charge is 0.459 e. The van der Waals surface area contributed by atoms with Gasteiger partial charge in [0, 0.05) is 18.3 Å². The van der Waals surface area contributed by atoms with E-state index in [-0.39, 0.29) is 17.6 Å². The summed E-state index contributed by atoms with van der Waals surface area (Å²) >= 11 is 0. The molecule has 120 valence electrons. The molecule has 7 heteroatoms. The van der Waals surface area contributed by atoms with Gasteiger partial charge in [-0.1, -0.05) is 0 Å². The molecule has 2 aromatic rings. The zero-order valence-corrected chi connectivity index (χ0v) is 12.8. The van der Waals surface area contributed by atoms with Crippen LogP contribution in [-0.4, -0.2) is 30.8 Å². The van der Waals surface area contributed by atoms with Crippen molar-refractivity contribution in [1.82, 2.24) is 10.6 Å². The zero-order valence-electron chi connectivity index (χ0n) is 12.8. The molecule has 0 saturated carbocycles. The summed E-state index contributed by atoms with van der Waals surface area (Å²) in [4.78, 5) is 35.3. The van der Waals surface area contributed by atoms with E-state index < -0.39 is 11.9 Å². The van der Waals surface area contributed by atoms with Gasteiger partial charge in [-0.15, -0.1) is 0 Å². The molecule has 0 fully saturated rings. The number of amides is 3. The van der Waals surface area contributed by atoms with E-state index in [9.17, 15) is 14.4 Å². The summed E-state index contributed by atoms with van der Waals surface area (Å²) in [5.74, 6) is -0.910. The summed E-state index contributed by atoms with van der Waals surface area (Å²) < 4.78 is 4.96. The van der Waals surface area contributed by atoms with Gasteiger partial charge in [-0.3, -0.25) is 14.4 Å². The Hall–Kier alpha value is -3.09. The number of nitrogens with one attached hydrogen (secondary N) is 3. The van der Waals surface area contributed by atoms with Gasteiger partial charge in [0.1, 0.15) is 6.04 Å². The van der Waals surface area contributed by atoms with Crippen molar-refractivity contribution < 1.29 is 18.8 Å². The predicted octanol–water partition coefficient (Wildman–Crippen LogP) is 1.40. The van der Waals surface area contributed by atoms with Gasteiger partial charge < -0.3 is 20.4 Å². The van der Waals surface area contributed by atoms with Gasteiger partial charge in [-0.05, 0) is 43.3 Å². The highest BCUT2D eigenvalue weighted by atomic mass is 16.3. The van der Waals surface area contributed by atoms with Crippen molar-refractivity contribution in [2.45, 2.75) is 13.0 Å². The van der Waals surface area contributed by atoms with Crippen molar-refractivity contribution in [1.29, 1.82) is 0 Å². The minimum absolute atomic E-state index is 0.139. The van der Waals surface area contributed by atoms with E-state index in [0.29, 0.717) is 11.3 Å². The molecular weight excluding hydrogens is 298 g/mol. The molecule has 7 nitrogen and oxygen atoms in total. The Labute approximate surface area is 133 Å². The van der Waals surface area contributed by atoms with E-state index in [0.717, 1.165) is 0 Å². The molecule has 0 bridgehead atoms. The number of anilines is 1. The van der Waals surface area contributed by atoms with Crippen LogP contribution in [0.25, 0.3) is 0 Å². The van der Waals surface area contributed by atoms with Crippen molar-refractivity contribution >= 4 is 23.4 Å². The summed E-state index contributed by atoms with van der Waals surface area (Å²) in [5, 5.41) is 7.70. The Morgan fingerprint density at radius 2 is 1.74 bits per heavy atom. The van der Waals surface area contributed by atoms with E-state index in [2.05, 4.69) is 16.0 Å². The highest BCUT2D eigenvalue weighted by molar-refractivity contribution is 6.00. The summed E-state index contributed by atoms with van der Waals surface area (Å²) in [5.41, 5.74) is 1.02. The van der Waals surface area contributed by atoms with Crippen molar-refractivity contribution in [3.8, 4) is 0 Å². The fourth-order valence-corrected chi connectivity index (χ4v) is 1.84. The summed E-state index contributed by atoms with van der Waals surface area (Å²) in [6.07, 6.45) is 1.38. The van der Waals surface area contributed by atoms with E-state index in [4.69, 9.17) is 4.42 Å². The van der Waals surface area contributed by atoms with E-state index >= 15 is 0 Å². The summed E-state index contributed by atoms with van der Waals surface area (Å²) in [6, 6.07) is 8.78. The van der Waals surface area contributed by atoms with Crippen LogP contribution in [0.1, 0.15) is 27.8 Å². The van der Waals surface area contributed by atoms with E-state index in [1.165, 1.54) is 12.3 Å². The molecule has 1 heterocycles. The molecule has 1 aromatic heterocycles. The van der Waals surface area contributed by atoms with Gasteiger partial charge in [0.05, 0.1) is 6.26 Å². The molecule has 3 amide bonds. The molecule has 2 rings (SSSR count). The second-order valence-electron chi connectivity index (χ2n) is 4.82. The summed E-state index contributed by atoms with van der Waals surface area (Å²) in [7, 11) is 1.54. The highest BCUT2D eigenvalue weighted by Crippen LogP contribution is 2.10. The second kappa shape index (κ2) is 7.26. The van der Waals surface area contributed by atoms with Gasteiger partial charge in [0.15, 0.2) is 5.76 Å². The standard InChI is InChI=1S/C16H17N3O4/c1-10(18-16(22)13-4-3-9-23-13)14(20)19-12-7-5-11(6-8-12)15(21)17-2/h3-10H,1-2H3,(H,17,21)(H,18,22)(H,19,20). The van der Waals surface area contributed by atoms with Gasteiger partial charge in [-0.2, -0.15) is 0 Å². The van der Waals surface area contributed by atoms with Crippen LogP contribution in [0.3, 0.4) is 0 Å². The SMILES string of the molecule is CNC(=O)c1ccc(NC(=O)C(C)NC(=O)c2ccco2)cc1. The van der Waals surface area contributed by atoms with Crippen LogP contribution in [0, 0.1) is 0 Å². The molecule has 1 atom stereocenters. The van der Waals surface area contributed by atoms with Gasteiger partial charge in [0.25, 0.3) is 11.8 Å². The van der Waals surface area contributed by atoms with Crippen molar-refractivity contribution in [3.05, 3.63) is 54.0 Å². The minimum Gasteiger partial charge on any atom is -0.459 e. The number of hydrogen-bond donors (Lipinski definition) is 3. The molecule has 0 radical (unpaired) electrons. The van der Waals surface area contributed by atoms with Crippen molar-refractivity contribution in [3.63, 3.8) is 0 Å². The third-order valence-electron chi connectivity index (χ3n) is 3.13. The van der Waals surface area contributed by atoms with Crippen LogP contribution in [0.4, 0.5) is 5.69 Å². The topological polar surface area (TPSA) is 100 Å². The Kier molecular flexibility index (Phi) is 5.14. The Bertz CT molecular complexity index is 693. The first-order valence-corrected chi connectivity index (χ1v) is 6.98. The van der Waals surface area contributed by atoms with Crippen LogP contribution in [0.5, 0.6) is 0 Å². The zero-order chi connectivity index (χ0) is 16.8. The predicted molar refractivity (Wildman–Crippen MR) is 84.1 cm³/mol. The Morgan fingerprint density at radius 3 is 2.30 bits per heavy atom. The third kappa shape index (κ3) is 4.19. The molecule has 0 aliphatic carbocycles. The second-order valence-corrected chi connectivity index (χ2v) is 4.82. The number of carbonyl (C=O) groups excluding carboxylic acids is 3. The lowest BCUT2D eigenvalue weighted by Crippen LogP contribution is -2.41. The fraction of sp³-hybridized carbons (Fsp3) is 0.188. The van der Waals surface area contributed by atoms with Crippen LogP contribution in [0.15, 0.2) is 47.1 Å². The first-order chi connectivity index (χ1) is 11.0. The number of benzene rings is 1. The van der Waals surface area contributed by atoms with Gasteiger partial charge >= 0.3 is 0 Å². The third-order valence-corrected chi connectivity index (χ3v) is 3.13. The van der Waals surface area contributed by atoms with Crippen LogP contribution >= 0.6 is 0 Å². The smallest absolute Gasteiger partial charge is 0.287 e. The first-order valence-electron chi connectivity index (χ1n) is 6.98. The fourth-order valence-electron chi connectivity index (χ4n) is 1.84. The lowest BCUT2D eigenvalue weighted by molar-refractivity contribution is -0.117. The molecule has 0 spiro atoms. The van der Waals surface area contributed by atoms with E-state index in [1.807, 2.05) is 0 Å².